The van der Waals surface area contributed by atoms with E-state index in [2.05, 4.69) is 15.4 Å². The third-order valence-corrected chi connectivity index (χ3v) is 4.67. The number of aryl methyl sites for hydroxylation is 1. The molecule has 4 aromatic rings. The molecular weight excluding hydrogens is 422 g/mol. The Bertz CT molecular complexity index is 1310. The van der Waals surface area contributed by atoms with Crippen LogP contribution in [0.5, 0.6) is 17.4 Å². The van der Waals surface area contributed by atoms with Gasteiger partial charge in [0.2, 0.25) is 11.6 Å². The molecule has 0 spiro atoms. The molecule has 2 heterocycles. The van der Waals surface area contributed by atoms with Gasteiger partial charge in [-0.25, -0.2) is 18.9 Å². The van der Waals surface area contributed by atoms with Gasteiger partial charge in [0.25, 0.3) is 5.88 Å². The number of halogens is 1. The molecule has 10 heteroatoms. The lowest BCUT2D eigenvalue weighted by Gasteiger charge is -2.10. The Morgan fingerprint density at radius 3 is 2.71 bits per heavy atom. The smallest absolute Gasteiger partial charge is 0.351 e. The number of benzene rings is 2. The van der Waals surface area contributed by atoms with E-state index in [0.29, 0.717) is 22.2 Å². The van der Waals surface area contributed by atoms with Gasteiger partial charge in [-0.05, 0) is 48.9 Å². The van der Waals surface area contributed by atoms with E-state index in [0.717, 1.165) is 10.2 Å². The maximum absolute atomic E-state index is 12.7. The molecule has 0 saturated heterocycles. The van der Waals surface area contributed by atoms with Crippen molar-refractivity contribution in [1.29, 1.82) is 0 Å². The second-order valence-electron chi connectivity index (χ2n) is 6.67. The second-order valence-corrected chi connectivity index (χ2v) is 7.11. The number of hydrogen-bond acceptors (Lipinski definition) is 6. The average molecular weight is 440 g/mol. The lowest BCUT2D eigenvalue weighted by Crippen LogP contribution is -2.28. The average Bonchev–Trinajstić information content (AvgIpc) is 3.06. The lowest BCUT2D eigenvalue weighted by molar-refractivity contribution is -0.117. The van der Waals surface area contributed by atoms with E-state index in [9.17, 15) is 9.59 Å². The summed E-state index contributed by atoms with van der Waals surface area (Å²) >= 11 is 5.89. The predicted molar refractivity (Wildman–Crippen MR) is 115 cm³/mol. The number of aromatic nitrogens is 4. The van der Waals surface area contributed by atoms with Crippen LogP contribution in [-0.2, 0) is 11.3 Å². The molecular formula is C21H18ClN5O4. The molecule has 0 aliphatic heterocycles. The highest BCUT2D eigenvalue weighted by molar-refractivity contribution is 6.30. The minimum atomic E-state index is -0.496. The molecule has 0 aliphatic carbocycles. The minimum absolute atomic E-state index is 0.126. The summed E-state index contributed by atoms with van der Waals surface area (Å²) in [5, 5.41) is 7.54. The molecule has 0 bridgehead atoms. The van der Waals surface area contributed by atoms with Crippen LogP contribution in [0.2, 0.25) is 5.02 Å². The van der Waals surface area contributed by atoms with Gasteiger partial charge in [-0.2, -0.15) is 0 Å². The van der Waals surface area contributed by atoms with Crippen LogP contribution >= 0.6 is 11.6 Å². The van der Waals surface area contributed by atoms with Gasteiger partial charge in [-0.15, -0.1) is 5.10 Å². The molecule has 0 fully saturated rings. The molecule has 0 saturated carbocycles. The monoisotopic (exact) mass is 439 g/mol. The van der Waals surface area contributed by atoms with Crippen molar-refractivity contribution in [2.24, 2.45) is 0 Å². The second kappa shape index (κ2) is 8.49. The molecule has 158 valence electrons. The normalized spacial score (nSPS) is 10.8. The van der Waals surface area contributed by atoms with Gasteiger partial charge in [-0.1, -0.05) is 17.7 Å². The summed E-state index contributed by atoms with van der Waals surface area (Å²) in [5.74, 6) is 0.699. The van der Waals surface area contributed by atoms with E-state index in [1.807, 2.05) is 13.0 Å². The van der Waals surface area contributed by atoms with Crippen LogP contribution in [0.4, 0.5) is 5.69 Å². The first kappa shape index (κ1) is 20.4. The largest absolute Gasteiger partial charge is 0.495 e. The maximum atomic E-state index is 12.7. The van der Waals surface area contributed by atoms with Gasteiger partial charge < -0.3 is 14.8 Å². The highest BCUT2D eigenvalue weighted by Gasteiger charge is 2.16. The van der Waals surface area contributed by atoms with Gasteiger partial charge in [0, 0.05) is 17.4 Å². The van der Waals surface area contributed by atoms with Crippen LogP contribution in [0.1, 0.15) is 5.56 Å². The molecule has 9 nitrogen and oxygen atoms in total. The number of amides is 1. The van der Waals surface area contributed by atoms with E-state index in [-0.39, 0.29) is 18.1 Å². The van der Waals surface area contributed by atoms with Crippen LogP contribution < -0.4 is 20.5 Å². The topological polar surface area (TPSA) is 99.8 Å². The third-order valence-electron chi connectivity index (χ3n) is 4.42. The van der Waals surface area contributed by atoms with Crippen LogP contribution in [-0.4, -0.2) is 32.2 Å². The zero-order valence-corrected chi connectivity index (χ0v) is 17.5. The number of methoxy groups -OCH3 is 1. The fraction of sp³-hybridized carbons (Fsp3) is 0.143. The molecule has 1 N–H and O–H groups in total. The van der Waals surface area contributed by atoms with Gasteiger partial charge in [0.1, 0.15) is 18.0 Å². The highest BCUT2D eigenvalue weighted by Crippen LogP contribution is 2.25. The minimum Gasteiger partial charge on any atom is -0.495 e. The number of anilines is 1. The number of nitrogens with zero attached hydrogens (tertiary/aromatic N) is 4. The van der Waals surface area contributed by atoms with E-state index >= 15 is 0 Å². The fourth-order valence-electron chi connectivity index (χ4n) is 2.96. The zero-order valence-electron chi connectivity index (χ0n) is 16.7. The number of nitrogens with one attached hydrogen (secondary N) is 1. The van der Waals surface area contributed by atoms with Crippen molar-refractivity contribution in [3.63, 3.8) is 0 Å². The summed E-state index contributed by atoms with van der Waals surface area (Å²) in [6.45, 7) is 1.61. The van der Waals surface area contributed by atoms with Crippen LogP contribution in [0.25, 0.3) is 5.65 Å². The molecule has 2 aromatic carbocycles. The van der Waals surface area contributed by atoms with E-state index in [1.54, 1.807) is 36.4 Å². The van der Waals surface area contributed by atoms with E-state index in [4.69, 9.17) is 21.1 Å². The van der Waals surface area contributed by atoms with Crippen LogP contribution in [0.15, 0.2) is 59.7 Å². The Balaban J connectivity index is 1.59. The summed E-state index contributed by atoms with van der Waals surface area (Å²) < 4.78 is 13.3. The molecule has 4 rings (SSSR count). The number of fused-ring (bicyclic) bond motifs is 1. The van der Waals surface area contributed by atoms with Crippen LogP contribution in [0, 0.1) is 6.92 Å². The predicted octanol–water partition coefficient (Wildman–Crippen LogP) is 3.29. The van der Waals surface area contributed by atoms with Crippen molar-refractivity contribution < 1.29 is 14.3 Å². The molecule has 0 unspecified atom stereocenters. The van der Waals surface area contributed by atoms with Crippen molar-refractivity contribution in [3.8, 4) is 17.4 Å². The molecule has 31 heavy (non-hydrogen) atoms. The number of rotatable bonds is 6. The van der Waals surface area contributed by atoms with Crippen molar-refractivity contribution in [3.05, 3.63) is 75.9 Å². The first-order valence-electron chi connectivity index (χ1n) is 9.26. The standard InChI is InChI=1S/C21H18ClN5O4/c1-13-3-8-17(30-2)16(11-13)24-18(28)12-27-21(29)26-10-9-23-20(19(26)25-27)31-15-6-4-14(22)5-7-15/h3-11H,12H2,1-2H3,(H,24,28). The molecule has 0 radical (unpaired) electrons. The van der Waals surface area contributed by atoms with Crippen molar-refractivity contribution >= 4 is 28.8 Å². The quantitative estimate of drug-likeness (QED) is 0.495. The molecule has 0 atom stereocenters. The summed E-state index contributed by atoms with van der Waals surface area (Å²) in [4.78, 5) is 29.4. The van der Waals surface area contributed by atoms with Crippen molar-refractivity contribution in [2.75, 3.05) is 12.4 Å². The van der Waals surface area contributed by atoms with E-state index < -0.39 is 11.6 Å². The van der Waals surface area contributed by atoms with E-state index in [1.165, 1.54) is 23.9 Å². The highest BCUT2D eigenvalue weighted by atomic mass is 35.5. The Hall–Kier alpha value is -3.85. The van der Waals surface area contributed by atoms with Gasteiger partial charge in [0.05, 0.1) is 12.8 Å². The SMILES string of the molecule is COc1ccc(C)cc1NC(=O)Cn1nc2c(Oc3ccc(Cl)cc3)nccn2c1=O. The molecule has 0 aliphatic rings. The lowest BCUT2D eigenvalue weighted by atomic mass is 10.2. The summed E-state index contributed by atoms with van der Waals surface area (Å²) in [6.07, 6.45) is 2.88. The third kappa shape index (κ3) is 4.36. The number of carbonyl (C=O) groups is 1. The maximum Gasteiger partial charge on any atom is 0.351 e. The summed E-state index contributed by atoms with van der Waals surface area (Å²) in [7, 11) is 1.52. The molecule has 2 aromatic heterocycles. The van der Waals surface area contributed by atoms with Crippen LogP contribution in [0.3, 0.4) is 0 Å². The first-order valence-corrected chi connectivity index (χ1v) is 9.64. The number of ether oxygens (including phenoxy) is 2. The zero-order chi connectivity index (χ0) is 22.0. The first-order chi connectivity index (χ1) is 14.9. The number of hydrogen-bond donors (Lipinski definition) is 1. The Morgan fingerprint density at radius 2 is 1.97 bits per heavy atom. The van der Waals surface area contributed by atoms with Crippen molar-refractivity contribution in [2.45, 2.75) is 13.5 Å². The van der Waals surface area contributed by atoms with Crippen molar-refractivity contribution in [1.82, 2.24) is 19.2 Å². The Kier molecular flexibility index (Phi) is 5.59. The van der Waals surface area contributed by atoms with Gasteiger partial charge >= 0.3 is 5.69 Å². The molecule has 1 amide bonds. The summed E-state index contributed by atoms with van der Waals surface area (Å²) in [6, 6.07) is 12.1. The van der Waals surface area contributed by atoms with Gasteiger partial charge in [-0.3, -0.25) is 4.79 Å². The number of carbonyl (C=O) groups excluding carboxylic acids is 1. The fourth-order valence-corrected chi connectivity index (χ4v) is 3.09. The van der Waals surface area contributed by atoms with Gasteiger partial charge in [0.15, 0.2) is 0 Å². The Morgan fingerprint density at radius 1 is 1.19 bits per heavy atom. The Labute approximate surface area is 181 Å². The summed E-state index contributed by atoms with van der Waals surface area (Å²) in [5.41, 5.74) is 1.15.